The molecule has 2 fully saturated rings. The van der Waals surface area contributed by atoms with E-state index in [1.54, 1.807) is 6.07 Å². The lowest BCUT2D eigenvalue weighted by molar-refractivity contribution is -0.119. The number of piperazine rings is 1. The van der Waals surface area contributed by atoms with Crippen LogP contribution in [0.25, 0.3) is 0 Å². The van der Waals surface area contributed by atoms with Crippen molar-refractivity contribution in [2.24, 2.45) is 5.89 Å². The average Bonchev–Trinajstić information content (AvgIpc) is 3.22. The van der Waals surface area contributed by atoms with Crippen molar-refractivity contribution in [3.63, 3.8) is 0 Å². The van der Waals surface area contributed by atoms with Crippen LogP contribution in [0, 0.1) is 5.89 Å². The first-order chi connectivity index (χ1) is 16.6. The Hall–Kier alpha value is -2.09. The Bertz CT molecular complexity index is 1170. The van der Waals surface area contributed by atoms with E-state index in [0.29, 0.717) is 22.4 Å². The van der Waals surface area contributed by atoms with E-state index >= 15 is 0 Å². The molecule has 0 spiro atoms. The Labute approximate surface area is 204 Å². The summed E-state index contributed by atoms with van der Waals surface area (Å²) in [5, 5.41) is 3.49. The normalized spacial score (nSPS) is 28.8. The van der Waals surface area contributed by atoms with E-state index < -0.39 is 23.6 Å². The molecule has 2 aromatic rings. The van der Waals surface area contributed by atoms with Crippen LogP contribution in [-0.4, -0.2) is 56.1 Å². The fraction of sp³-hybridized carbons (Fsp3) is 0.458. The number of hydrogen-bond donors (Lipinski definition) is 1. The summed E-state index contributed by atoms with van der Waals surface area (Å²) in [6.07, 6.45) is 1.74. The van der Waals surface area contributed by atoms with E-state index in [1.807, 2.05) is 12.1 Å². The van der Waals surface area contributed by atoms with E-state index in [2.05, 4.69) is 15.1 Å². The number of nitrogens with zero attached hydrogens (tertiary/aromatic N) is 2. The van der Waals surface area contributed by atoms with Crippen molar-refractivity contribution in [3.8, 4) is 5.75 Å². The highest BCUT2D eigenvalue weighted by molar-refractivity contribution is 6.43. The van der Waals surface area contributed by atoms with E-state index in [4.69, 9.17) is 30.7 Å². The minimum absolute atomic E-state index is 0.0531. The molecule has 2 heterocycles. The Morgan fingerprint density at radius 3 is 2.70 bits per heavy atom. The number of ether oxygens (including phenoxy) is 1. The van der Waals surface area contributed by atoms with Gasteiger partial charge in [-0.05, 0) is 43.1 Å². The molecule has 2 atom stereocenters. The Balaban J connectivity index is 1.07. The fourth-order valence-corrected chi connectivity index (χ4v) is 4.91. The zero-order valence-corrected chi connectivity index (χ0v) is 19.4. The molecule has 1 saturated carbocycles. The van der Waals surface area contributed by atoms with Crippen LogP contribution in [0.5, 0.6) is 5.75 Å². The van der Waals surface area contributed by atoms with Crippen molar-refractivity contribution in [2.45, 2.75) is 24.7 Å². The molecule has 33 heavy (non-hydrogen) atoms. The summed E-state index contributed by atoms with van der Waals surface area (Å²) in [5.41, 5.74) is 1.02. The summed E-state index contributed by atoms with van der Waals surface area (Å²) < 4.78 is 50.0. The number of rotatable bonds is 7. The molecule has 0 aromatic heterocycles. The van der Waals surface area contributed by atoms with Gasteiger partial charge in [-0.2, -0.15) is 0 Å². The van der Waals surface area contributed by atoms with Crippen LogP contribution in [0.4, 0.5) is 20.2 Å². The molecule has 2 unspecified atom stereocenters. The highest BCUT2D eigenvalue weighted by Crippen LogP contribution is 2.65. The molecule has 5 nitrogen and oxygen atoms in total. The number of anilines is 2. The molecule has 176 valence electrons. The molecule has 1 amide bonds. The van der Waals surface area contributed by atoms with Crippen LogP contribution in [-0.2, 0) is 4.79 Å². The molecule has 0 bridgehead atoms. The summed E-state index contributed by atoms with van der Waals surface area (Å²) in [4.78, 5) is 16.7. The van der Waals surface area contributed by atoms with Crippen molar-refractivity contribution in [2.75, 3.05) is 49.5 Å². The molecule has 9 heteroatoms. The molecule has 3 aliphatic rings. The molecule has 2 aliphatic heterocycles. The second-order valence-corrected chi connectivity index (χ2v) is 9.23. The van der Waals surface area contributed by atoms with E-state index in [9.17, 15) is 13.6 Å². The Morgan fingerprint density at radius 1 is 1.12 bits per heavy atom. The van der Waals surface area contributed by atoms with Gasteiger partial charge in [-0.15, -0.1) is 0 Å². The molecule has 1 N–H and O–H groups in total. The summed E-state index contributed by atoms with van der Waals surface area (Å²) in [6, 6.07) is 10.00. The van der Waals surface area contributed by atoms with Crippen molar-refractivity contribution in [3.05, 3.63) is 52.0 Å². The van der Waals surface area contributed by atoms with Gasteiger partial charge >= 0.3 is 0 Å². The highest BCUT2D eigenvalue weighted by atomic mass is 35.5. The van der Waals surface area contributed by atoms with Gasteiger partial charge in [-0.1, -0.05) is 35.3 Å². The smallest absolute Gasteiger partial charge is 0.268 e. The molecule has 1 aliphatic carbocycles. The standard InChI is InChI=1S/C24H25Cl2F2N3O2/c25-17-4-3-5-19(22(17)26)31-11-9-30(10-12-31)8-1-2-13-33-15-6-7-16-18(14-15)29-23(32)21-20(16)24(21,27)28/h3-7,14,20-21H,1-2,8-13H2,(H,29,32)/i20D,21D. The SMILES string of the molecule is [2H]C12C(=O)Nc3cc(OCCCCN4CCN(c5cccc(Cl)c5Cl)CC4)ccc3C1([2H])C2(F)F. The highest BCUT2D eigenvalue weighted by Gasteiger charge is 2.74. The maximum atomic E-state index is 14.2. The third-order valence-electron chi connectivity index (χ3n) is 6.33. The van der Waals surface area contributed by atoms with E-state index in [-0.39, 0.29) is 11.3 Å². The number of alkyl halides is 2. The lowest BCUT2D eigenvalue weighted by atomic mass is 10.0. The van der Waals surface area contributed by atoms with Gasteiger partial charge < -0.3 is 15.0 Å². The van der Waals surface area contributed by atoms with Crippen LogP contribution in [0.2, 0.25) is 10.0 Å². The number of carbonyl (C=O) groups excluding carboxylic acids is 1. The third kappa shape index (κ3) is 4.38. The minimum atomic E-state index is -3.73. The van der Waals surface area contributed by atoms with Crippen molar-refractivity contribution >= 4 is 40.5 Å². The van der Waals surface area contributed by atoms with Crippen molar-refractivity contribution in [1.29, 1.82) is 0 Å². The van der Waals surface area contributed by atoms with Gasteiger partial charge in [0.25, 0.3) is 5.92 Å². The summed E-state index contributed by atoms with van der Waals surface area (Å²) in [6.45, 7) is 4.95. The first-order valence-corrected chi connectivity index (χ1v) is 11.7. The number of benzene rings is 2. The van der Waals surface area contributed by atoms with Gasteiger partial charge in [0, 0.05) is 40.7 Å². The largest absolute Gasteiger partial charge is 0.494 e. The minimum Gasteiger partial charge on any atom is -0.494 e. The van der Waals surface area contributed by atoms with Crippen LogP contribution in [0.15, 0.2) is 36.4 Å². The number of hydrogen-bond acceptors (Lipinski definition) is 4. The summed E-state index contributed by atoms with van der Waals surface area (Å²) in [5.74, 6) is -9.79. The first-order valence-electron chi connectivity index (χ1n) is 12.0. The predicted molar refractivity (Wildman–Crippen MR) is 126 cm³/mol. The maximum Gasteiger partial charge on any atom is 0.268 e. The van der Waals surface area contributed by atoms with Crippen LogP contribution < -0.4 is 15.0 Å². The van der Waals surface area contributed by atoms with E-state index in [0.717, 1.165) is 51.3 Å². The van der Waals surface area contributed by atoms with Gasteiger partial charge in [0.1, 0.15) is 11.6 Å². The second kappa shape index (κ2) is 8.93. The number of amides is 1. The Kier molecular flexibility index (Phi) is 5.49. The zero-order chi connectivity index (χ0) is 25.0. The zero-order valence-electron chi connectivity index (χ0n) is 19.8. The first kappa shape index (κ1) is 20.3. The fourth-order valence-electron chi connectivity index (χ4n) is 4.49. The second-order valence-electron chi connectivity index (χ2n) is 8.44. The molecule has 5 rings (SSSR count). The number of halogens is 4. The van der Waals surface area contributed by atoms with Crippen LogP contribution in [0.3, 0.4) is 0 Å². The maximum absolute atomic E-state index is 14.2. The van der Waals surface area contributed by atoms with Crippen LogP contribution >= 0.6 is 23.2 Å². The van der Waals surface area contributed by atoms with Gasteiger partial charge in [-0.3, -0.25) is 9.69 Å². The van der Waals surface area contributed by atoms with Gasteiger partial charge in [0.15, 0.2) is 0 Å². The number of unbranched alkanes of at least 4 members (excludes halogenated alkanes) is 1. The molecule has 2 aromatic carbocycles. The average molecular weight is 498 g/mol. The van der Waals surface area contributed by atoms with Crippen LogP contribution in [0.1, 0.15) is 27.0 Å². The van der Waals surface area contributed by atoms with Crippen molar-refractivity contribution < 1.29 is 21.1 Å². The lowest BCUT2D eigenvalue weighted by Gasteiger charge is -2.36. The third-order valence-corrected chi connectivity index (χ3v) is 7.14. The van der Waals surface area contributed by atoms with E-state index in [1.165, 1.54) is 18.2 Å². The monoisotopic (exact) mass is 497 g/mol. The molecular weight excluding hydrogens is 471 g/mol. The predicted octanol–water partition coefficient (Wildman–Crippen LogP) is 5.28. The number of nitrogens with one attached hydrogen (secondary N) is 1. The topological polar surface area (TPSA) is 44.8 Å². The van der Waals surface area contributed by atoms with Crippen molar-refractivity contribution in [1.82, 2.24) is 4.90 Å². The molecule has 0 radical (unpaired) electrons. The van der Waals surface area contributed by atoms with Gasteiger partial charge in [-0.25, -0.2) is 8.78 Å². The molecule has 1 saturated heterocycles. The number of carbonyl (C=O) groups is 1. The lowest BCUT2D eigenvalue weighted by Crippen LogP contribution is -2.46. The Morgan fingerprint density at radius 2 is 1.91 bits per heavy atom. The molecular formula is C24H25Cl2F2N3O2. The number of fused-ring (bicyclic) bond motifs is 3. The van der Waals surface area contributed by atoms with Gasteiger partial charge in [0.2, 0.25) is 5.91 Å². The van der Waals surface area contributed by atoms with Gasteiger partial charge in [0.05, 0.1) is 28.2 Å². The summed E-state index contributed by atoms with van der Waals surface area (Å²) in [7, 11) is 0. The summed E-state index contributed by atoms with van der Waals surface area (Å²) >= 11 is 12.5. The quantitative estimate of drug-likeness (QED) is 0.528.